The van der Waals surface area contributed by atoms with Crippen LogP contribution in [0.1, 0.15) is 24.1 Å². The largest absolute Gasteiger partial charge is 0.505 e. The lowest BCUT2D eigenvalue weighted by molar-refractivity contribution is 0.466. The summed E-state index contributed by atoms with van der Waals surface area (Å²) in [7, 11) is 0. The number of aryl methyl sites for hydroxylation is 1. The predicted octanol–water partition coefficient (Wildman–Crippen LogP) is 1.30. The SMILES string of the molecule is Cc1cc(N)c(O)c([C@@H](C)N)c1. The molecule has 1 rings (SSSR count). The van der Waals surface area contributed by atoms with Crippen molar-refractivity contribution < 1.29 is 5.11 Å². The van der Waals surface area contributed by atoms with Crippen LogP contribution in [0.4, 0.5) is 5.69 Å². The Bertz CT molecular complexity index is 295. The Labute approximate surface area is 72.0 Å². The molecule has 0 unspecified atom stereocenters. The molecule has 0 fully saturated rings. The highest BCUT2D eigenvalue weighted by atomic mass is 16.3. The van der Waals surface area contributed by atoms with Crippen molar-refractivity contribution in [3.05, 3.63) is 23.3 Å². The second-order valence-electron chi connectivity index (χ2n) is 3.08. The van der Waals surface area contributed by atoms with E-state index in [1.54, 1.807) is 6.07 Å². The van der Waals surface area contributed by atoms with Gasteiger partial charge in [0, 0.05) is 11.6 Å². The molecule has 1 aromatic rings. The Balaban J connectivity index is 3.28. The number of hydrogen-bond acceptors (Lipinski definition) is 3. The summed E-state index contributed by atoms with van der Waals surface area (Å²) in [6.07, 6.45) is 0. The number of phenols is 1. The summed E-state index contributed by atoms with van der Waals surface area (Å²) in [5.41, 5.74) is 13.3. The smallest absolute Gasteiger partial charge is 0.143 e. The Morgan fingerprint density at radius 2 is 2.00 bits per heavy atom. The van der Waals surface area contributed by atoms with Gasteiger partial charge < -0.3 is 16.6 Å². The molecule has 12 heavy (non-hydrogen) atoms. The van der Waals surface area contributed by atoms with E-state index in [1.165, 1.54) is 0 Å². The summed E-state index contributed by atoms with van der Waals surface area (Å²) >= 11 is 0. The van der Waals surface area contributed by atoms with Crippen molar-refractivity contribution in [3.8, 4) is 5.75 Å². The number of nitrogen functional groups attached to an aromatic ring is 1. The lowest BCUT2D eigenvalue weighted by Crippen LogP contribution is -2.06. The number of aromatic hydroxyl groups is 1. The Hall–Kier alpha value is -1.22. The Morgan fingerprint density at radius 3 is 2.50 bits per heavy atom. The van der Waals surface area contributed by atoms with Crippen LogP contribution in [-0.2, 0) is 0 Å². The molecule has 0 amide bonds. The van der Waals surface area contributed by atoms with Gasteiger partial charge in [0.1, 0.15) is 5.75 Å². The van der Waals surface area contributed by atoms with Crippen molar-refractivity contribution in [1.82, 2.24) is 0 Å². The molecule has 0 saturated carbocycles. The van der Waals surface area contributed by atoms with Crippen molar-refractivity contribution in [2.24, 2.45) is 5.73 Å². The number of phenolic OH excluding ortho intramolecular Hbond substituents is 1. The average molecular weight is 166 g/mol. The zero-order chi connectivity index (χ0) is 9.30. The van der Waals surface area contributed by atoms with Crippen molar-refractivity contribution in [2.45, 2.75) is 19.9 Å². The first-order chi connectivity index (χ1) is 5.52. The van der Waals surface area contributed by atoms with E-state index in [2.05, 4.69) is 0 Å². The minimum Gasteiger partial charge on any atom is -0.505 e. The summed E-state index contributed by atoms with van der Waals surface area (Å²) in [4.78, 5) is 0. The molecule has 0 saturated heterocycles. The molecule has 0 aliphatic heterocycles. The molecule has 0 aromatic heterocycles. The second-order valence-corrected chi connectivity index (χ2v) is 3.08. The summed E-state index contributed by atoms with van der Waals surface area (Å²) in [6, 6.07) is 3.38. The molecular weight excluding hydrogens is 152 g/mol. The van der Waals surface area contributed by atoms with Crippen LogP contribution in [0.2, 0.25) is 0 Å². The number of benzene rings is 1. The third-order valence-electron chi connectivity index (χ3n) is 1.80. The fourth-order valence-corrected chi connectivity index (χ4v) is 1.18. The molecule has 0 aliphatic carbocycles. The van der Waals surface area contributed by atoms with Gasteiger partial charge in [-0.3, -0.25) is 0 Å². The Morgan fingerprint density at radius 1 is 1.42 bits per heavy atom. The van der Waals surface area contributed by atoms with Gasteiger partial charge in [0.25, 0.3) is 0 Å². The predicted molar refractivity (Wildman–Crippen MR) is 49.9 cm³/mol. The Kier molecular flexibility index (Phi) is 2.24. The molecule has 1 atom stereocenters. The summed E-state index contributed by atoms with van der Waals surface area (Å²) < 4.78 is 0. The van der Waals surface area contributed by atoms with E-state index in [0.717, 1.165) is 5.56 Å². The van der Waals surface area contributed by atoms with Crippen LogP contribution in [0.5, 0.6) is 5.75 Å². The van der Waals surface area contributed by atoms with E-state index in [1.807, 2.05) is 19.9 Å². The summed E-state index contributed by atoms with van der Waals surface area (Å²) in [5, 5.41) is 9.49. The monoisotopic (exact) mass is 166 g/mol. The first-order valence-electron chi connectivity index (χ1n) is 3.87. The molecule has 1 aromatic carbocycles. The van der Waals surface area contributed by atoms with Gasteiger partial charge in [-0.2, -0.15) is 0 Å². The van der Waals surface area contributed by atoms with Gasteiger partial charge in [-0.05, 0) is 25.5 Å². The molecule has 3 nitrogen and oxygen atoms in total. The quantitative estimate of drug-likeness (QED) is 0.435. The fourth-order valence-electron chi connectivity index (χ4n) is 1.18. The highest BCUT2D eigenvalue weighted by Crippen LogP contribution is 2.29. The van der Waals surface area contributed by atoms with Crippen LogP contribution in [-0.4, -0.2) is 5.11 Å². The van der Waals surface area contributed by atoms with Crippen LogP contribution in [0.25, 0.3) is 0 Å². The van der Waals surface area contributed by atoms with Crippen molar-refractivity contribution >= 4 is 5.69 Å². The summed E-state index contributed by atoms with van der Waals surface area (Å²) in [6.45, 7) is 3.73. The number of hydrogen-bond donors (Lipinski definition) is 3. The zero-order valence-electron chi connectivity index (χ0n) is 7.33. The maximum absolute atomic E-state index is 9.49. The molecular formula is C9H14N2O. The van der Waals surface area contributed by atoms with E-state index in [9.17, 15) is 5.11 Å². The van der Waals surface area contributed by atoms with Gasteiger partial charge in [0.2, 0.25) is 0 Å². The van der Waals surface area contributed by atoms with E-state index < -0.39 is 0 Å². The molecule has 0 bridgehead atoms. The van der Waals surface area contributed by atoms with Crippen molar-refractivity contribution in [2.75, 3.05) is 5.73 Å². The fraction of sp³-hybridized carbons (Fsp3) is 0.333. The topological polar surface area (TPSA) is 72.3 Å². The van der Waals surface area contributed by atoms with E-state index in [-0.39, 0.29) is 11.8 Å². The number of anilines is 1. The van der Waals surface area contributed by atoms with Crippen LogP contribution in [0, 0.1) is 6.92 Å². The molecule has 0 radical (unpaired) electrons. The lowest BCUT2D eigenvalue weighted by atomic mass is 10.0. The van der Waals surface area contributed by atoms with Crippen LogP contribution >= 0.6 is 0 Å². The highest BCUT2D eigenvalue weighted by molar-refractivity contribution is 5.58. The normalized spacial score (nSPS) is 12.9. The average Bonchev–Trinajstić information content (AvgIpc) is 1.96. The lowest BCUT2D eigenvalue weighted by Gasteiger charge is -2.11. The third-order valence-corrected chi connectivity index (χ3v) is 1.80. The minimum atomic E-state index is -0.188. The van der Waals surface area contributed by atoms with Gasteiger partial charge in [-0.15, -0.1) is 0 Å². The van der Waals surface area contributed by atoms with Crippen LogP contribution in [0.15, 0.2) is 12.1 Å². The zero-order valence-corrected chi connectivity index (χ0v) is 7.33. The molecule has 0 heterocycles. The van der Waals surface area contributed by atoms with Gasteiger partial charge in [0.15, 0.2) is 0 Å². The van der Waals surface area contributed by atoms with Gasteiger partial charge in [-0.25, -0.2) is 0 Å². The van der Waals surface area contributed by atoms with E-state index in [4.69, 9.17) is 11.5 Å². The van der Waals surface area contributed by atoms with E-state index in [0.29, 0.717) is 11.3 Å². The molecule has 0 spiro atoms. The van der Waals surface area contributed by atoms with Gasteiger partial charge >= 0.3 is 0 Å². The molecule has 66 valence electrons. The van der Waals surface area contributed by atoms with Crippen LogP contribution in [0.3, 0.4) is 0 Å². The van der Waals surface area contributed by atoms with Crippen molar-refractivity contribution in [1.29, 1.82) is 0 Å². The summed E-state index contributed by atoms with van der Waals surface area (Å²) in [5.74, 6) is 0.107. The van der Waals surface area contributed by atoms with Crippen LogP contribution < -0.4 is 11.5 Å². The third kappa shape index (κ3) is 1.51. The number of nitrogens with two attached hydrogens (primary N) is 2. The molecule has 5 N–H and O–H groups in total. The molecule has 3 heteroatoms. The van der Waals surface area contributed by atoms with Crippen molar-refractivity contribution in [3.63, 3.8) is 0 Å². The van der Waals surface area contributed by atoms with Gasteiger partial charge in [0.05, 0.1) is 5.69 Å². The second kappa shape index (κ2) is 3.03. The minimum absolute atomic E-state index is 0.107. The maximum atomic E-state index is 9.49. The van der Waals surface area contributed by atoms with E-state index >= 15 is 0 Å². The molecule has 0 aliphatic rings. The maximum Gasteiger partial charge on any atom is 0.143 e. The first-order valence-corrected chi connectivity index (χ1v) is 3.87. The highest BCUT2D eigenvalue weighted by Gasteiger charge is 2.09. The standard InChI is InChI=1S/C9H14N2O/c1-5-3-7(6(2)10)9(12)8(11)4-5/h3-4,6,12H,10-11H2,1-2H3/t6-/m1/s1. The first kappa shape index (κ1) is 8.87. The van der Waals surface area contributed by atoms with Gasteiger partial charge in [-0.1, -0.05) is 6.07 Å². The number of rotatable bonds is 1.